The van der Waals surface area contributed by atoms with Crippen molar-refractivity contribution in [2.45, 2.75) is 55.6 Å². The van der Waals surface area contributed by atoms with Gasteiger partial charge in [-0.3, -0.25) is 18.3 Å². The first-order valence-electron chi connectivity index (χ1n) is 14.8. The number of nitrogens with zero attached hydrogens (tertiary/aromatic N) is 8. The van der Waals surface area contributed by atoms with Gasteiger partial charge in [-0.15, -0.1) is 0 Å². The van der Waals surface area contributed by atoms with E-state index in [2.05, 4.69) is 65.0 Å². The molecule has 0 aliphatic carbocycles. The maximum absolute atomic E-state index is 15.2. The number of rotatable bonds is 15. The molecule has 6 rings (SSSR count). The van der Waals surface area contributed by atoms with Crippen LogP contribution in [0.4, 0.5) is 20.4 Å². The Morgan fingerprint density at radius 1 is 0.796 bits per heavy atom. The lowest BCUT2D eigenvalue weighted by Crippen LogP contribution is -2.31. The van der Waals surface area contributed by atoms with E-state index < -0.39 is 76.9 Å². The van der Waals surface area contributed by atoms with Crippen LogP contribution in [0.2, 0.25) is 0 Å². The van der Waals surface area contributed by atoms with E-state index in [1.54, 1.807) is 0 Å². The van der Waals surface area contributed by atoms with Gasteiger partial charge in [0, 0.05) is 13.1 Å². The number of imidazole rings is 2. The monoisotopic (exact) mass is 764 g/mol. The highest BCUT2D eigenvalue weighted by Gasteiger charge is 2.49. The fourth-order valence-electron chi connectivity index (χ4n) is 5.61. The van der Waals surface area contributed by atoms with Crippen LogP contribution in [0.15, 0.2) is 37.5 Å². The molecule has 4 unspecified atom stereocenters. The highest BCUT2D eigenvalue weighted by molar-refractivity contribution is 8.39. The van der Waals surface area contributed by atoms with Gasteiger partial charge in [-0.05, 0) is 6.42 Å². The number of hydrogen-bond acceptors (Lipinski definition) is 16. The lowest BCUT2D eigenvalue weighted by atomic mass is 10.1. The number of anilines is 2. The zero-order chi connectivity index (χ0) is 34.7. The van der Waals surface area contributed by atoms with Crippen LogP contribution in [0.5, 0.6) is 0 Å². The Bertz CT molecular complexity index is 1840. The molecule has 18 nitrogen and oxygen atoms in total. The molecule has 0 saturated carbocycles. The number of aliphatic hydroxyl groups excluding tert-OH is 2. The second-order valence-corrected chi connectivity index (χ2v) is 14.5. The standard InChI is InChI=1S/C25H32F2N10O8P2S2/c26-14-18(44-46(40)48)12(6-38)42-24(14)36-10-34-16-20(30-8-32-22(16)36)28-4-2-1-3-5-29-21-17-23(33-9-31-21)37(11-35-17)25-15(27)19(45-47(41)49)13(7-39)43-25/h1-2,8-15,18-19,24-25,38-39,46-47H,3-7H2,(H,40,48)(H,41,49)(H,28,30,32)(H,29,31,33)/b2-1+/t12?,13?,14-,15-,18-,19-,24-,25-/m1/s1. The molecule has 6 heterocycles. The normalized spacial score (nSPS) is 28.5. The summed E-state index contributed by atoms with van der Waals surface area (Å²) < 4.78 is 77.6. The fraction of sp³-hybridized carbons (Fsp3) is 0.520. The van der Waals surface area contributed by atoms with Gasteiger partial charge in [0.15, 0.2) is 58.8 Å². The van der Waals surface area contributed by atoms with Crippen molar-refractivity contribution in [3.05, 3.63) is 37.5 Å². The van der Waals surface area contributed by atoms with E-state index in [0.29, 0.717) is 42.2 Å². The zero-order valence-electron chi connectivity index (χ0n) is 25.2. The first-order valence-corrected chi connectivity index (χ1v) is 20.0. The van der Waals surface area contributed by atoms with Crippen molar-refractivity contribution in [3.8, 4) is 0 Å². The number of halogens is 2. The van der Waals surface area contributed by atoms with E-state index in [4.69, 9.17) is 18.5 Å². The van der Waals surface area contributed by atoms with E-state index in [9.17, 15) is 19.3 Å². The number of thiol groups is 2. The predicted molar refractivity (Wildman–Crippen MR) is 179 cm³/mol. The summed E-state index contributed by atoms with van der Waals surface area (Å²) in [5.41, 5.74) is 1.31. The quantitative estimate of drug-likeness (QED) is 0.0442. The third-order valence-corrected chi connectivity index (χ3v) is 9.37. The molecule has 10 atom stereocenters. The molecule has 0 spiro atoms. The maximum atomic E-state index is 15.2. The van der Waals surface area contributed by atoms with Gasteiger partial charge in [0.05, 0.1) is 25.9 Å². The summed E-state index contributed by atoms with van der Waals surface area (Å²) in [6, 6.07) is 0. The summed E-state index contributed by atoms with van der Waals surface area (Å²) in [6.45, 7) is -0.245. The number of aromatic nitrogens is 8. The van der Waals surface area contributed by atoms with Crippen LogP contribution in [0.3, 0.4) is 0 Å². The van der Waals surface area contributed by atoms with Gasteiger partial charge in [0.2, 0.25) is 14.5 Å². The first-order chi connectivity index (χ1) is 23.7. The number of ether oxygens (including phenoxy) is 2. The molecule has 4 N–H and O–H groups in total. The molecule has 4 aromatic heterocycles. The summed E-state index contributed by atoms with van der Waals surface area (Å²) in [4.78, 5) is 25.6. The Balaban J connectivity index is 1.03. The first kappa shape index (κ1) is 36.0. The second-order valence-electron chi connectivity index (χ2n) is 10.7. The molecule has 4 aromatic rings. The van der Waals surface area contributed by atoms with Crippen LogP contribution in [0.25, 0.3) is 22.3 Å². The lowest BCUT2D eigenvalue weighted by molar-refractivity contribution is -0.0427. The van der Waals surface area contributed by atoms with Crippen molar-refractivity contribution < 1.29 is 46.6 Å². The average molecular weight is 765 g/mol. The van der Waals surface area contributed by atoms with Crippen molar-refractivity contribution in [3.63, 3.8) is 0 Å². The van der Waals surface area contributed by atoms with E-state index in [1.165, 1.54) is 34.4 Å². The van der Waals surface area contributed by atoms with E-state index in [-0.39, 0.29) is 11.3 Å². The minimum absolute atomic E-state index is 0.283. The molecule has 2 fully saturated rings. The molecular formula is C25H32F2N10O8P2S2. The number of alkyl halides is 2. The van der Waals surface area contributed by atoms with Gasteiger partial charge in [-0.1, -0.05) is 36.6 Å². The molecule has 49 heavy (non-hydrogen) atoms. The van der Waals surface area contributed by atoms with Crippen LogP contribution in [-0.2, 0) is 27.7 Å². The average Bonchev–Trinajstić information content (AvgIpc) is 3.85. The van der Waals surface area contributed by atoms with Crippen molar-refractivity contribution in [2.75, 3.05) is 36.9 Å². The Kier molecular flexibility index (Phi) is 11.8. The zero-order valence-corrected chi connectivity index (χ0v) is 29.0. The Morgan fingerprint density at radius 2 is 1.29 bits per heavy atom. The van der Waals surface area contributed by atoms with Crippen molar-refractivity contribution in [1.29, 1.82) is 0 Å². The molecular weight excluding hydrogens is 732 g/mol. The molecule has 2 saturated heterocycles. The molecule has 0 amide bonds. The molecule has 2 aliphatic rings. The van der Waals surface area contributed by atoms with E-state index in [1.807, 2.05) is 12.2 Å². The van der Waals surface area contributed by atoms with Crippen LogP contribution >= 0.6 is 39.0 Å². The number of hydrogen-bond donors (Lipinski definition) is 6. The molecule has 2 aliphatic heterocycles. The summed E-state index contributed by atoms with van der Waals surface area (Å²) in [7, 11) is -5.57. The Labute approximate surface area is 288 Å². The highest BCUT2D eigenvalue weighted by atomic mass is 32.7. The molecule has 0 bridgehead atoms. The summed E-state index contributed by atoms with van der Waals surface area (Å²) >= 11 is 7.43. The smallest absolute Gasteiger partial charge is 0.243 e. The van der Waals surface area contributed by atoms with Crippen LogP contribution in [0, 0.1) is 0 Å². The molecule has 266 valence electrons. The van der Waals surface area contributed by atoms with Gasteiger partial charge in [-0.2, -0.15) is 0 Å². The minimum atomic E-state index is -2.79. The Morgan fingerprint density at radius 3 is 1.76 bits per heavy atom. The SMILES string of the molecule is O=[PH](S)O[C@@H]1C(CO)O[C@@H](n2cnc3c(NC/C=C/CCNc4ncnc5c4ncn5[C@@H]4OC(CO)[C@@H](O[PH](=O)S)[C@H]4F)ncnc32)[C@@H]1F. The van der Waals surface area contributed by atoms with Gasteiger partial charge < -0.3 is 39.4 Å². The van der Waals surface area contributed by atoms with Gasteiger partial charge in [-0.25, -0.2) is 38.7 Å². The predicted octanol–water partition coefficient (Wildman–Crippen LogP) is 2.30. The topological polar surface area (TPSA) is 223 Å². The van der Waals surface area contributed by atoms with Crippen LogP contribution in [-0.4, -0.2) is 112 Å². The second kappa shape index (κ2) is 16.1. The van der Waals surface area contributed by atoms with Gasteiger partial charge >= 0.3 is 0 Å². The molecule has 0 aromatic carbocycles. The summed E-state index contributed by atoms with van der Waals surface area (Å²) in [5.74, 6) is 0.815. The summed E-state index contributed by atoms with van der Waals surface area (Å²) in [6.07, 6.45) is -0.955. The largest absolute Gasteiger partial charge is 0.394 e. The summed E-state index contributed by atoms with van der Waals surface area (Å²) in [5, 5.41) is 25.5. The number of nitrogens with one attached hydrogen (secondary N) is 2. The lowest BCUT2D eigenvalue weighted by Gasteiger charge is -2.16. The van der Waals surface area contributed by atoms with Gasteiger partial charge in [0.25, 0.3) is 0 Å². The highest BCUT2D eigenvalue weighted by Crippen LogP contribution is 2.42. The van der Waals surface area contributed by atoms with Crippen molar-refractivity contribution >= 4 is 72.9 Å². The van der Waals surface area contributed by atoms with Crippen LogP contribution < -0.4 is 10.6 Å². The molecule has 24 heteroatoms. The van der Waals surface area contributed by atoms with Gasteiger partial charge in [0.1, 0.15) is 37.1 Å². The Hall–Kier alpha value is -2.78. The van der Waals surface area contributed by atoms with E-state index in [0.717, 1.165) is 0 Å². The molecule has 0 radical (unpaired) electrons. The van der Waals surface area contributed by atoms with Crippen molar-refractivity contribution in [1.82, 2.24) is 39.0 Å². The minimum Gasteiger partial charge on any atom is -0.394 e. The number of aliphatic hydroxyl groups is 2. The van der Waals surface area contributed by atoms with Crippen molar-refractivity contribution in [2.24, 2.45) is 0 Å². The maximum Gasteiger partial charge on any atom is 0.243 e. The third-order valence-electron chi connectivity index (χ3n) is 7.79. The fourth-order valence-corrected chi connectivity index (χ4v) is 7.37. The van der Waals surface area contributed by atoms with E-state index >= 15 is 8.78 Å². The third kappa shape index (κ3) is 7.63. The number of fused-ring (bicyclic) bond motifs is 2. The van der Waals surface area contributed by atoms with Crippen LogP contribution in [0.1, 0.15) is 18.9 Å².